The standard InChI is InChI=1S/C16H20ClNS/c1-4-13-5-7-14(8-6-13)11(2)18-12(3)15-9-16(17)19-10-15/h5-12,18H,4H2,1-3H3. The van der Waals surface area contributed by atoms with E-state index in [0.717, 1.165) is 10.8 Å². The van der Waals surface area contributed by atoms with Crippen LogP contribution in [0.5, 0.6) is 0 Å². The maximum Gasteiger partial charge on any atom is 0.0931 e. The molecule has 0 saturated carbocycles. The summed E-state index contributed by atoms with van der Waals surface area (Å²) in [7, 11) is 0. The van der Waals surface area contributed by atoms with Crippen molar-refractivity contribution in [3.63, 3.8) is 0 Å². The van der Waals surface area contributed by atoms with Crippen molar-refractivity contribution < 1.29 is 0 Å². The minimum Gasteiger partial charge on any atom is -0.304 e. The molecule has 0 aliphatic heterocycles. The second-order valence-electron chi connectivity index (χ2n) is 4.89. The lowest BCUT2D eigenvalue weighted by atomic mass is 10.0. The normalized spacial score (nSPS) is 14.3. The van der Waals surface area contributed by atoms with E-state index in [-0.39, 0.29) is 0 Å². The second kappa shape index (κ2) is 6.56. The molecule has 1 aromatic heterocycles. The molecule has 102 valence electrons. The van der Waals surface area contributed by atoms with Crippen LogP contribution in [0.25, 0.3) is 0 Å². The molecule has 0 aliphatic rings. The minimum atomic E-state index is 0.310. The maximum atomic E-state index is 5.98. The van der Waals surface area contributed by atoms with E-state index in [1.165, 1.54) is 16.7 Å². The summed E-state index contributed by atoms with van der Waals surface area (Å²) in [4.78, 5) is 0. The number of halogens is 1. The number of rotatable bonds is 5. The number of aryl methyl sites for hydroxylation is 1. The van der Waals surface area contributed by atoms with E-state index < -0.39 is 0 Å². The topological polar surface area (TPSA) is 12.0 Å². The number of hydrogen-bond acceptors (Lipinski definition) is 2. The van der Waals surface area contributed by atoms with Crippen LogP contribution in [0.1, 0.15) is 49.5 Å². The van der Waals surface area contributed by atoms with Gasteiger partial charge in [-0.3, -0.25) is 0 Å². The SMILES string of the molecule is CCc1ccc(C(C)NC(C)c2csc(Cl)c2)cc1. The summed E-state index contributed by atoms with van der Waals surface area (Å²) in [5, 5.41) is 5.73. The minimum absolute atomic E-state index is 0.310. The first-order valence-corrected chi connectivity index (χ1v) is 7.94. The summed E-state index contributed by atoms with van der Waals surface area (Å²) < 4.78 is 0.851. The first-order chi connectivity index (χ1) is 9.10. The van der Waals surface area contributed by atoms with Gasteiger partial charge in [0.15, 0.2) is 0 Å². The third-order valence-corrected chi connectivity index (χ3v) is 4.59. The highest BCUT2D eigenvalue weighted by Gasteiger charge is 2.12. The summed E-state index contributed by atoms with van der Waals surface area (Å²) in [5.41, 5.74) is 3.96. The zero-order valence-corrected chi connectivity index (χ0v) is 13.2. The molecular formula is C16H20ClNS. The van der Waals surface area contributed by atoms with E-state index in [1.807, 2.05) is 6.07 Å². The Morgan fingerprint density at radius 1 is 1.11 bits per heavy atom. The Labute approximate surface area is 124 Å². The van der Waals surface area contributed by atoms with Gasteiger partial charge in [0.1, 0.15) is 0 Å². The lowest BCUT2D eigenvalue weighted by molar-refractivity contribution is 0.495. The average molecular weight is 294 g/mol. The molecule has 2 aromatic rings. The van der Waals surface area contributed by atoms with Crippen LogP contribution in [-0.2, 0) is 6.42 Å². The molecule has 2 rings (SSSR count). The molecule has 2 unspecified atom stereocenters. The van der Waals surface area contributed by atoms with Crippen molar-refractivity contribution in [3.8, 4) is 0 Å². The number of thiophene rings is 1. The zero-order valence-electron chi connectivity index (χ0n) is 11.6. The van der Waals surface area contributed by atoms with Gasteiger partial charge in [0, 0.05) is 12.1 Å². The third kappa shape index (κ3) is 3.82. The van der Waals surface area contributed by atoms with Crippen LogP contribution >= 0.6 is 22.9 Å². The quantitative estimate of drug-likeness (QED) is 0.781. The van der Waals surface area contributed by atoms with Gasteiger partial charge in [0.2, 0.25) is 0 Å². The van der Waals surface area contributed by atoms with Crippen LogP contribution in [0.3, 0.4) is 0 Å². The number of nitrogens with one attached hydrogen (secondary N) is 1. The van der Waals surface area contributed by atoms with E-state index in [4.69, 9.17) is 11.6 Å². The van der Waals surface area contributed by atoms with Crippen LogP contribution in [0.4, 0.5) is 0 Å². The predicted molar refractivity (Wildman–Crippen MR) is 85.1 cm³/mol. The smallest absolute Gasteiger partial charge is 0.0931 e. The molecule has 19 heavy (non-hydrogen) atoms. The summed E-state index contributed by atoms with van der Waals surface area (Å²) in [6.07, 6.45) is 1.09. The highest BCUT2D eigenvalue weighted by molar-refractivity contribution is 7.14. The molecular weight excluding hydrogens is 274 g/mol. The van der Waals surface area contributed by atoms with Crippen LogP contribution in [0, 0.1) is 0 Å². The Bertz CT molecular complexity index is 518. The van der Waals surface area contributed by atoms with Crippen molar-refractivity contribution in [1.82, 2.24) is 5.32 Å². The molecule has 0 spiro atoms. The van der Waals surface area contributed by atoms with Crippen LogP contribution in [0.15, 0.2) is 35.7 Å². The lowest BCUT2D eigenvalue weighted by Gasteiger charge is -2.20. The van der Waals surface area contributed by atoms with Gasteiger partial charge < -0.3 is 5.32 Å². The van der Waals surface area contributed by atoms with Gasteiger partial charge in [-0.15, -0.1) is 11.3 Å². The van der Waals surface area contributed by atoms with Crippen LogP contribution < -0.4 is 5.32 Å². The van der Waals surface area contributed by atoms with Crippen molar-refractivity contribution in [2.24, 2.45) is 0 Å². The van der Waals surface area contributed by atoms with Gasteiger partial charge >= 0.3 is 0 Å². The fourth-order valence-electron chi connectivity index (χ4n) is 2.16. The zero-order chi connectivity index (χ0) is 13.8. The Balaban J connectivity index is 2.01. The Morgan fingerprint density at radius 2 is 1.74 bits per heavy atom. The molecule has 0 radical (unpaired) electrons. The van der Waals surface area contributed by atoms with Gasteiger partial charge in [-0.1, -0.05) is 42.8 Å². The predicted octanol–water partition coefficient (Wildman–Crippen LogP) is 5.38. The molecule has 2 atom stereocenters. The second-order valence-corrected chi connectivity index (χ2v) is 6.43. The maximum absolute atomic E-state index is 5.98. The first kappa shape index (κ1) is 14.6. The van der Waals surface area contributed by atoms with Crippen molar-refractivity contribution in [2.75, 3.05) is 0 Å². The van der Waals surface area contributed by atoms with E-state index >= 15 is 0 Å². The molecule has 0 aliphatic carbocycles. The van der Waals surface area contributed by atoms with E-state index in [9.17, 15) is 0 Å². The number of hydrogen-bond donors (Lipinski definition) is 1. The van der Waals surface area contributed by atoms with Crippen molar-refractivity contribution in [3.05, 3.63) is 56.7 Å². The first-order valence-electron chi connectivity index (χ1n) is 6.69. The molecule has 0 bridgehead atoms. The van der Waals surface area contributed by atoms with E-state index in [1.54, 1.807) is 11.3 Å². The molecule has 1 N–H and O–H groups in total. The molecule has 3 heteroatoms. The fraction of sp³-hybridized carbons (Fsp3) is 0.375. The van der Waals surface area contributed by atoms with E-state index in [2.05, 4.69) is 55.7 Å². The van der Waals surface area contributed by atoms with Gasteiger partial charge in [-0.05, 0) is 48.4 Å². The van der Waals surface area contributed by atoms with E-state index in [0.29, 0.717) is 12.1 Å². The summed E-state index contributed by atoms with van der Waals surface area (Å²) in [6, 6.07) is 11.5. The lowest BCUT2D eigenvalue weighted by Crippen LogP contribution is -2.22. The Morgan fingerprint density at radius 3 is 2.26 bits per heavy atom. The summed E-state index contributed by atoms with van der Waals surface area (Å²) in [6.45, 7) is 6.56. The summed E-state index contributed by atoms with van der Waals surface area (Å²) in [5.74, 6) is 0. The highest BCUT2D eigenvalue weighted by Crippen LogP contribution is 2.26. The van der Waals surface area contributed by atoms with Crippen LogP contribution in [0.2, 0.25) is 4.34 Å². The molecule has 0 saturated heterocycles. The molecule has 0 fully saturated rings. The molecule has 0 amide bonds. The van der Waals surface area contributed by atoms with Gasteiger partial charge in [0.25, 0.3) is 0 Å². The van der Waals surface area contributed by atoms with Crippen molar-refractivity contribution in [2.45, 2.75) is 39.3 Å². The molecule has 1 nitrogen and oxygen atoms in total. The third-order valence-electron chi connectivity index (χ3n) is 3.48. The fourth-order valence-corrected chi connectivity index (χ4v) is 3.14. The Kier molecular flexibility index (Phi) is 5.03. The largest absolute Gasteiger partial charge is 0.304 e. The highest BCUT2D eigenvalue weighted by atomic mass is 35.5. The average Bonchev–Trinajstić information content (AvgIpc) is 2.85. The van der Waals surface area contributed by atoms with Crippen molar-refractivity contribution in [1.29, 1.82) is 0 Å². The van der Waals surface area contributed by atoms with Gasteiger partial charge in [-0.2, -0.15) is 0 Å². The monoisotopic (exact) mass is 293 g/mol. The van der Waals surface area contributed by atoms with Crippen LogP contribution in [-0.4, -0.2) is 0 Å². The van der Waals surface area contributed by atoms with Crippen molar-refractivity contribution >= 4 is 22.9 Å². The molecule has 1 heterocycles. The molecule has 1 aromatic carbocycles. The number of benzene rings is 1. The van der Waals surface area contributed by atoms with Gasteiger partial charge in [-0.25, -0.2) is 0 Å². The summed E-state index contributed by atoms with van der Waals surface area (Å²) >= 11 is 7.57. The Hall–Kier alpha value is -0.830. The van der Waals surface area contributed by atoms with Gasteiger partial charge in [0.05, 0.1) is 4.34 Å².